The summed E-state index contributed by atoms with van der Waals surface area (Å²) in [6, 6.07) is 0.530. The summed E-state index contributed by atoms with van der Waals surface area (Å²) in [5.74, 6) is 0. The van der Waals surface area contributed by atoms with Gasteiger partial charge in [-0.2, -0.15) is 0 Å². The van der Waals surface area contributed by atoms with E-state index >= 15 is 0 Å². The average molecular weight is 234 g/mol. The van der Waals surface area contributed by atoms with Gasteiger partial charge in [-0.25, -0.2) is 0 Å². The zero-order valence-electron chi connectivity index (χ0n) is 9.91. The molecule has 4 nitrogen and oxygen atoms in total. The van der Waals surface area contributed by atoms with Gasteiger partial charge in [-0.05, 0) is 12.8 Å². The second kappa shape index (κ2) is 7.84. The number of hydrogen-bond donors (Lipinski definition) is 1. The zero-order valence-corrected chi connectivity index (χ0v) is 10.9. The molecule has 15 heavy (non-hydrogen) atoms. The summed E-state index contributed by atoms with van der Waals surface area (Å²) in [5, 5.41) is 9.22. The molecule has 0 aliphatic carbocycles. The third-order valence-corrected chi connectivity index (χ3v) is 5.13. The minimum atomic E-state index is -3.00. The normalized spacial score (nSPS) is 11.7. The molecular formula is C10H22O4Si. The van der Waals surface area contributed by atoms with Crippen LogP contribution in [0.25, 0.3) is 0 Å². The molecule has 5 heteroatoms. The number of carbonyl (C=O) groups is 1. The second-order valence-electron chi connectivity index (χ2n) is 3.50. The van der Waals surface area contributed by atoms with Crippen molar-refractivity contribution in [1.82, 2.24) is 0 Å². The highest BCUT2D eigenvalue weighted by Crippen LogP contribution is 2.18. The molecule has 0 heterocycles. The first-order valence-electron chi connectivity index (χ1n) is 5.64. The smallest absolute Gasteiger partial charge is 0.462 e. The topological polar surface area (TPSA) is 55.8 Å². The van der Waals surface area contributed by atoms with Crippen LogP contribution in [0.5, 0.6) is 0 Å². The lowest BCUT2D eigenvalue weighted by atomic mass is 10.5. The van der Waals surface area contributed by atoms with Gasteiger partial charge in [0.15, 0.2) is 0 Å². The van der Waals surface area contributed by atoms with E-state index in [0.717, 1.165) is 19.3 Å². The maximum absolute atomic E-state index is 11.2. The first kappa shape index (κ1) is 14.6. The molecule has 90 valence electrons. The van der Waals surface area contributed by atoms with E-state index in [9.17, 15) is 9.90 Å². The van der Waals surface area contributed by atoms with Crippen molar-refractivity contribution in [2.75, 3.05) is 13.2 Å². The summed E-state index contributed by atoms with van der Waals surface area (Å²) in [6.45, 7) is 6.83. The lowest BCUT2D eigenvalue weighted by Gasteiger charge is -2.25. The molecule has 0 aliphatic heterocycles. The highest BCUT2D eigenvalue weighted by Gasteiger charge is 2.46. The van der Waals surface area contributed by atoms with Crippen molar-refractivity contribution in [1.29, 1.82) is 0 Å². The van der Waals surface area contributed by atoms with Crippen molar-refractivity contribution in [3.63, 3.8) is 0 Å². The predicted molar refractivity (Wildman–Crippen MR) is 61.4 cm³/mol. The van der Waals surface area contributed by atoms with Gasteiger partial charge in [-0.3, -0.25) is 4.79 Å². The highest BCUT2D eigenvalue weighted by molar-refractivity contribution is 6.95. The Labute approximate surface area is 92.8 Å². The number of carboxylic acid groups (broad SMARTS) is 1. The maximum Gasteiger partial charge on any atom is 0.462 e. The van der Waals surface area contributed by atoms with Crippen LogP contribution in [0.15, 0.2) is 0 Å². The summed E-state index contributed by atoms with van der Waals surface area (Å²) >= 11 is 0. The molecule has 0 aromatic heterocycles. The Hall–Kier alpha value is -0.393. The average Bonchev–Trinajstić information content (AvgIpc) is 2.22. The van der Waals surface area contributed by atoms with Crippen LogP contribution in [-0.4, -0.2) is 32.5 Å². The van der Waals surface area contributed by atoms with E-state index in [-0.39, 0.29) is 0 Å². The predicted octanol–water partition coefficient (Wildman–Crippen LogP) is 2.95. The molecule has 0 atom stereocenters. The molecular weight excluding hydrogens is 212 g/mol. The third kappa shape index (κ3) is 4.77. The molecule has 0 rings (SSSR count). The van der Waals surface area contributed by atoms with Crippen LogP contribution in [0.1, 0.15) is 40.0 Å². The SMILES string of the molecule is CCCO[Si](CCC)(OCCC)C(=O)O. The van der Waals surface area contributed by atoms with E-state index in [1.807, 2.05) is 20.8 Å². The molecule has 0 saturated heterocycles. The van der Waals surface area contributed by atoms with Gasteiger partial charge in [0, 0.05) is 19.3 Å². The molecule has 0 amide bonds. The van der Waals surface area contributed by atoms with Gasteiger partial charge in [0.1, 0.15) is 0 Å². The van der Waals surface area contributed by atoms with Gasteiger partial charge in [-0.15, -0.1) is 0 Å². The molecule has 0 aliphatic rings. The van der Waals surface area contributed by atoms with E-state index in [2.05, 4.69) is 0 Å². The Morgan fingerprint density at radius 1 is 1.07 bits per heavy atom. The van der Waals surface area contributed by atoms with Gasteiger partial charge < -0.3 is 14.0 Å². The lowest BCUT2D eigenvalue weighted by Crippen LogP contribution is -2.50. The van der Waals surface area contributed by atoms with Crippen molar-refractivity contribution in [3.8, 4) is 0 Å². The quantitative estimate of drug-likeness (QED) is 0.623. The van der Waals surface area contributed by atoms with Crippen LogP contribution in [0.4, 0.5) is 4.79 Å². The van der Waals surface area contributed by atoms with E-state index < -0.39 is 14.2 Å². The molecule has 1 N–H and O–H groups in total. The van der Waals surface area contributed by atoms with E-state index in [0.29, 0.717) is 19.3 Å². The Morgan fingerprint density at radius 3 is 1.80 bits per heavy atom. The van der Waals surface area contributed by atoms with Crippen LogP contribution in [-0.2, 0) is 8.85 Å². The summed E-state index contributed by atoms with van der Waals surface area (Å²) in [4.78, 5) is 11.2. The molecule has 0 spiro atoms. The molecule has 0 saturated carbocycles. The van der Waals surface area contributed by atoms with Crippen molar-refractivity contribution in [2.24, 2.45) is 0 Å². The fourth-order valence-corrected chi connectivity index (χ4v) is 3.84. The third-order valence-electron chi connectivity index (χ3n) is 1.98. The Bertz CT molecular complexity index is 176. The van der Waals surface area contributed by atoms with Crippen LogP contribution >= 0.6 is 0 Å². The minimum absolute atomic E-state index is 0.474. The van der Waals surface area contributed by atoms with Crippen LogP contribution in [0, 0.1) is 0 Å². The van der Waals surface area contributed by atoms with Crippen LogP contribution < -0.4 is 0 Å². The Morgan fingerprint density at radius 2 is 1.53 bits per heavy atom. The zero-order chi connectivity index (χ0) is 11.7. The van der Waals surface area contributed by atoms with Crippen molar-refractivity contribution in [3.05, 3.63) is 0 Å². The lowest BCUT2D eigenvalue weighted by molar-refractivity contribution is 0.147. The van der Waals surface area contributed by atoms with Gasteiger partial charge in [-0.1, -0.05) is 27.2 Å². The monoisotopic (exact) mass is 234 g/mol. The Balaban J connectivity index is 4.48. The van der Waals surface area contributed by atoms with Gasteiger partial charge in [0.2, 0.25) is 0 Å². The van der Waals surface area contributed by atoms with E-state index in [4.69, 9.17) is 8.85 Å². The number of rotatable bonds is 9. The summed E-state index contributed by atoms with van der Waals surface area (Å²) in [5.41, 5.74) is -0.883. The van der Waals surface area contributed by atoms with E-state index in [1.54, 1.807) is 0 Å². The standard InChI is InChI=1S/C10H22O4Si/c1-4-7-13-15(9-6-3,10(11)12)14-8-5-2/h4-9H2,1-3H3,(H,11,12). The number of hydrogen-bond acceptors (Lipinski definition) is 3. The molecule has 0 radical (unpaired) electrons. The van der Waals surface area contributed by atoms with E-state index in [1.165, 1.54) is 0 Å². The summed E-state index contributed by atoms with van der Waals surface area (Å²) < 4.78 is 11.0. The fraction of sp³-hybridized carbons (Fsp3) is 0.900. The van der Waals surface area contributed by atoms with Gasteiger partial charge in [0.25, 0.3) is 0 Å². The van der Waals surface area contributed by atoms with Crippen molar-refractivity contribution in [2.45, 2.75) is 46.1 Å². The van der Waals surface area contributed by atoms with Gasteiger partial charge in [0.05, 0.1) is 0 Å². The van der Waals surface area contributed by atoms with Crippen LogP contribution in [0.2, 0.25) is 6.04 Å². The molecule has 0 unspecified atom stereocenters. The first-order valence-corrected chi connectivity index (χ1v) is 7.66. The molecule has 0 fully saturated rings. The second-order valence-corrected chi connectivity index (χ2v) is 6.52. The Kier molecular flexibility index (Phi) is 7.64. The molecule has 0 aromatic rings. The first-order chi connectivity index (χ1) is 7.13. The van der Waals surface area contributed by atoms with Crippen LogP contribution in [0.3, 0.4) is 0 Å². The molecule has 0 bridgehead atoms. The van der Waals surface area contributed by atoms with Gasteiger partial charge >= 0.3 is 14.2 Å². The van der Waals surface area contributed by atoms with Crippen molar-refractivity contribution < 1.29 is 18.8 Å². The summed E-state index contributed by atoms with van der Waals surface area (Å²) in [6.07, 6.45) is 2.43. The molecule has 0 aromatic carbocycles. The highest BCUT2D eigenvalue weighted by atomic mass is 28.4. The minimum Gasteiger partial charge on any atom is -0.481 e. The largest absolute Gasteiger partial charge is 0.481 e. The fourth-order valence-electron chi connectivity index (χ4n) is 1.28. The van der Waals surface area contributed by atoms with Crippen molar-refractivity contribution >= 4 is 14.2 Å². The maximum atomic E-state index is 11.2. The summed E-state index contributed by atoms with van der Waals surface area (Å²) in [7, 11) is -3.00.